The molecule has 5 rings (SSSR count). The first kappa shape index (κ1) is 17.4. The van der Waals surface area contributed by atoms with Crippen molar-refractivity contribution in [1.82, 2.24) is 29.5 Å². The summed E-state index contributed by atoms with van der Waals surface area (Å²) < 4.78 is 2.07. The number of nitrogens with one attached hydrogen (secondary N) is 2. The molecule has 0 spiro atoms. The number of likely N-dealkylation sites (tertiary alicyclic amines) is 1. The van der Waals surface area contributed by atoms with Gasteiger partial charge in [-0.25, -0.2) is 9.97 Å². The Kier molecular flexibility index (Phi) is 4.58. The van der Waals surface area contributed by atoms with Crippen molar-refractivity contribution in [1.29, 1.82) is 0 Å². The Hall–Kier alpha value is -2.71. The summed E-state index contributed by atoms with van der Waals surface area (Å²) in [6.07, 6.45) is 11.6. The van der Waals surface area contributed by atoms with Crippen LogP contribution >= 0.6 is 11.3 Å². The molecule has 0 unspecified atom stereocenters. The lowest BCUT2D eigenvalue weighted by atomic mass is 10.1. The van der Waals surface area contributed by atoms with Crippen LogP contribution in [-0.2, 0) is 6.54 Å². The normalized spacial score (nSPS) is 15.3. The van der Waals surface area contributed by atoms with Gasteiger partial charge in [0, 0.05) is 29.4 Å². The van der Waals surface area contributed by atoms with Crippen LogP contribution in [0, 0.1) is 6.92 Å². The Morgan fingerprint density at radius 3 is 2.89 bits per heavy atom. The standard InChI is InChI=1S/C20H23N7S/c1-14-12-27-17(15-9-22-23-10-15)11-21-20(27)19(24-14)25-18-6-5-16(28-18)13-26-7-3-2-4-8-26/h5-6,9-12H,2-4,7-8,13H2,1H3,(H,22,23)(H,24,25). The number of thiophene rings is 1. The smallest absolute Gasteiger partial charge is 0.180 e. The minimum absolute atomic E-state index is 0.779. The van der Waals surface area contributed by atoms with E-state index in [9.17, 15) is 0 Å². The maximum Gasteiger partial charge on any atom is 0.180 e. The average Bonchev–Trinajstić information content (AvgIpc) is 3.43. The van der Waals surface area contributed by atoms with Crippen LogP contribution in [0.5, 0.6) is 0 Å². The highest BCUT2D eigenvalue weighted by Gasteiger charge is 2.15. The molecule has 0 aliphatic carbocycles. The fraction of sp³-hybridized carbons (Fsp3) is 0.350. The highest BCUT2D eigenvalue weighted by atomic mass is 32.1. The van der Waals surface area contributed by atoms with Crippen LogP contribution < -0.4 is 5.32 Å². The number of hydrogen-bond donors (Lipinski definition) is 2. The van der Waals surface area contributed by atoms with Crippen LogP contribution in [0.1, 0.15) is 29.8 Å². The highest BCUT2D eigenvalue weighted by Crippen LogP contribution is 2.30. The lowest BCUT2D eigenvalue weighted by molar-refractivity contribution is 0.222. The predicted octanol–water partition coefficient (Wildman–Crippen LogP) is 4.22. The van der Waals surface area contributed by atoms with Crippen molar-refractivity contribution in [2.75, 3.05) is 18.4 Å². The van der Waals surface area contributed by atoms with Gasteiger partial charge in [0.1, 0.15) is 0 Å². The molecule has 5 heterocycles. The second-order valence-corrected chi connectivity index (χ2v) is 8.45. The summed E-state index contributed by atoms with van der Waals surface area (Å²) in [5, 5.41) is 11.5. The SMILES string of the molecule is Cc1cn2c(-c3cn[nH]c3)cnc2c(Nc2ccc(CN3CCCCC3)s2)n1. The molecule has 0 amide bonds. The second-order valence-electron chi connectivity index (χ2n) is 7.28. The van der Waals surface area contributed by atoms with E-state index < -0.39 is 0 Å². The molecule has 0 aromatic carbocycles. The molecule has 0 saturated carbocycles. The highest BCUT2D eigenvalue weighted by molar-refractivity contribution is 7.16. The zero-order valence-electron chi connectivity index (χ0n) is 15.9. The topological polar surface area (TPSA) is 74.1 Å². The number of hydrogen-bond acceptors (Lipinski definition) is 6. The molecule has 144 valence electrons. The van der Waals surface area contributed by atoms with E-state index in [4.69, 9.17) is 4.98 Å². The number of aromatic nitrogens is 5. The maximum atomic E-state index is 4.69. The number of aryl methyl sites for hydroxylation is 1. The zero-order chi connectivity index (χ0) is 18.9. The first-order chi connectivity index (χ1) is 13.8. The summed E-state index contributed by atoms with van der Waals surface area (Å²) >= 11 is 1.80. The van der Waals surface area contributed by atoms with Crippen LogP contribution in [0.15, 0.2) is 36.9 Å². The molecule has 1 aliphatic heterocycles. The minimum atomic E-state index is 0.779. The molecule has 1 saturated heterocycles. The molecule has 1 fully saturated rings. The Morgan fingerprint density at radius 2 is 2.07 bits per heavy atom. The van der Waals surface area contributed by atoms with Crippen LogP contribution in [0.2, 0.25) is 0 Å². The number of H-pyrrole nitrogens is 1. The summed E-state index contributed by atoms with van der Waals surface area (Å²) in [7, 11) is 0. The van der Waals surface area contributed by atoms with Gasteiger partial charge in [-0.1, -0.05) is 6.42 Å². The average molecular weight is 394 g/mol. The van der Waals surface area contributed by atoms with Crippen LogP contribution in [-0.4, -0.2) is 42.6 Å². The molecule has 0 atom stereocenters. The van der Waals surface area contributed by atoms with Crippen LogP contribution in [0.3, 0.4) is 0 Å². The first-order valence-corrected chi connectivity index (χ1v) is 10.5. The second kappa shape index (κ2) is 7.37. The van der Waals surface area contributed by atoms with Gasteiger partial charge in [0.25, 0.3) is 0 Å². The Labute approximate surface area is 167 Å². The third-order valence-electron chi connectivity index (χ3n) is 5.14. The monoisotopic (exact) mass is 393 g/mol. The van der Waals surface area contributed by atoms with E-state index >= 15 is 0 Å². The molecule has 8 heteroatoms. The molecule has 0 bridgehead atoms. The Bertz CT molecular complexity index is 1070. The lowest BCUT2D eigenvalue weighted by Crippen LogP contribution is -2.28. The summed E-state index contributed by atoms with van der Waals surface area (Å²) in [6, 6.07) is 4.36. The summed E-state index contributed by atoms with van der Waals surface area (Å²) in [5.74, 6) is 0.779. The summed E-state index contributed by atoms with van der Waals surface area (Å²) in [5.41, 5.74) is 3.74. The summed E-state index contributed by atoms with van der Waals surface area (Å²) in [4.78, 5) is 13.2. The number of imidazole rings is 1. The van der Waals surface area contributed by atoms with Crippen molar-refractivity contribution < 1.29 is 0 Å². The van der Waals surface area contributed by atoms with Crippen molar-refractivity contribution in [3.8, 4) is 11.3 Å². The number of fused-ring (bicyclic) bond motifs is 1. The molecule has 28 heavy (non-hydrogen) atoms. The molecule has 0 radical (unpaired) electrons. The fourth-order valence-electron chi connectivity index (χ4n) is 3.78. The summed E-state index contributed by atoms with van der Waals surface area (Å²) in [6.45, 7) is 5.47. The van der Waals surface area contributed by atoms with E-state index in [1.807, 2.05) is 25.5 Å². The number of anilines is 2. The third kappa shape index (κ3) is 3.41. The third-order valence-corrected chi connectivity index (χ3v) is 6.12. The van der Waals surface area contributed by atoms with Crippen LogP contribution in [0.4, 0.5) is 10.8 Å². The molecule has 4 aromatic rings. The largest absolute Gasteiger partial charge is 0.329 e. The zero-order valence-corrected chi connectivity index (χ0v) is 16.7. The Morgan fingerprint density at radius 1 is 1.18 bits per heavy atom. The number of piperidine rings is 1. The van der Waals surface area contributed by atoms with Gasteiger partial charge < -0.3 is 5.32 Å². The molecule has 2 N–H and O–H groups in total. The molecule has 1 aliphatic rings. The Balaban J connectivity index is 1.41. The van der Waals surface area contributed by atoms with Gasteiger partial charge in [-0.05, 0) is 45.0 Å². The van der Waals surface area contributed by atoms with Crippen molar-refractivity contribution in [3.05, 3.63) is 47.5 Å². The van der Waals surface area contributed by atoms with Crippen molar-refractivity contribution >= 4 is 27.8 Å². The maximum absolute atomic E-state index is 4.69. The van der Waals surface area contributed by atoms with Crippen LogP contribution in [0.25, 0.3) is 16.9 Å². The molecular weight excluding hydrogens is 370 g/mol. The van der Waals surface area contributed by atoms with Crippen molar-refractivity contribution in [2.45, 2.75) is 32.7 Å². The van der Waals surface area contributed by atoms with E-state index in [2.05, 4.69) is 41.9 Å². The van der Waals surface area contributed by atoms with Gasteiger partial charge in [0.15, 0.2) is 11.5 Å². The van der Waals surface area contributed by atoms with Gasteiger partial charge in [0.2, 0.25) is 0 Å². The van der Waals surface area contributed by atoms with E-state index in [-0.39, 0.29) is 0 Å². The van der Waals surface area contributed by atoms with E-state index in [1.54, 1.807) is 17.5 Å². The van der Waals surface area contributed by atoms with Gasteiger partial charge in [0.05, 0.1) is 28.8 Å². The first-order valence-electron chi connectivity index (χ1n) is 9.68. The number of nitrogens with zero attached hydrogens (tertiary/aromatic N) is 5. The fourth-order valence-corrected chi connectivity index (χ4v) is 4.73. The predicted molar refractivity (Wildman–Crippen MR) is 112 cm³/mol. The van der Waals surface area contributed by atoms with E-state index in [1.165, 1.54) is 37.2 Å². The number of aromatic amines is 1. The van der Waals surface area contributed by atoms with E-state index in [0.717, 1.165) is 40.0 Å². The number of rotatable bonds is 5. The van der Waals surface area contributed by atoms with E-state index in [0.29, 0.717) is 0 Å². The van der Waals surface area contributed by atoms with Gasteiger partial charge in [-0.2, -0.15) is 5.10 Å². The minimum Gasteiger partial charge on any atom is -0.329 e. The molecule has 7 nitrogen and oxygen atoms in total. The van der Waals surface area contributed by atoms with Gasteiger partial charge in [-0.3, -0.25) is 14.4 Å². The van der Waals surface area contributed by atoms with Crippen molar-refractivity contribution in [3.63, 3.8) is 0 Å². The van der Waals surface area contributed by atoms with Gasteiger partial charge >= 0.3 is 0 Å². The lowest BCUT2D eigenvalue weighted by Gasteiger charge is -2.25. The van der Waals surface area contributed by atoms with Crippen molar-refractivity contribution in [2.24, 2.45) is 0 Å². The quantitative estimate of drug-likeness (QED) is 0.531. The van der Waals surface area contributed by atoms with Gasteiger partial charge in [-0.15, -0.1) is 11.3 Å². The molecular formula is C20H23N7S. The molecule has 4 aromatic heterocycles.